The first-order valence-electron chi connectivity index (χ1n) is 8.59. The second kappa shape index (κ2) is 6.49. The maximum Gasteiger partial charge on any atom is 0.322 e. The summed E-state index contributed by atoms with van der Waals surface area (Å²) in [5, 5.41) is 6.43. The summed E-state index contributed by atoms with van der Waals surface area (Å²) >= 11 is 0. The quantitative estimate of drug-likeness (QED) is 0.484. The lowest BCUT2D eigenvalue weighted by Crippen LogP contribution is -2.00. The molecule has 0 unspecified atom stereocenters. The van der Waals surface area contributed by atoms with E-state index >= 15 is 0 Å². The van der Waals surface area contributed by atoms with E-state index in [9.17, 15) is 0 Å². The Morgan fingerprint density at radius 2 is 1.81 bits per heavy atom. The molecule has 0 saturated heterocycles. The van der Waals surface area contributed by atoms with Gasteiger partial charge in [0.2, 0.25) is 0 Å². The topological polar surface area (TPSA) is 65.7 Å². The number of hydrogen-bond donors (Lipinski definition) is 0. The van der Waals surface area contributed by atoms with Crippen LogP contribution in [0, 0.1) is 0 Å². The monoisotopic (exact) mass is 353 g/mol. The number of fused-ring (bicyclic) bond motifs is 2. The predicted octanol–water partition coefficient (Wildman–Crippen LogP) is 4.22. The molecule has 0 aliphatic heterocycles. The van der Waals surface area contributed by atoms with Gasteiger partial charge in [-0.2, -0.15) is 10.1 Å². The number of benzene rings is 2. The summed E-state index contributed by atoms with van der Waals surface area (Å²) in [6.45, 7) is 0.728. The first kappa shape index (κ1) is 15.5. The maximum absolute atomic E-state index is 5.84. The van der Waals surface area contributed by atoms with Gasteiger partial charge in [0.25, 0.3) is 0 Å². The summed E-state index contributed by atoms with van der Waals surface area (Å²) in [7, 11) is 0. The van der Waals surface area contributed by atoms with Gasteiger partial charge in [-0.05, 0) is 29.8 Å². The summed E-state index contributed by atoms with van der Waals surface area (Å²) in [6.07, 6.45) is 6.99. The van der Waals surface area contributed by atoms with Gasteiger partial charge in [0.1, 0.15) is 5.75 Å². The minimum Gasteiger partial charge on any atom is -0.424 e. The van der Waals surface area contributed by atoms with E-state index in [1.165, 1.54) is 5.56 Å². The van der Waals surface area contributed by atoms with E-state index in [2.05, 4.69) is 32.2 Å². The maximum atomic E-state index is 5.84. The highest BCUT2D eigenvalue weighted by molar-refractivity contribution is 5.80. The Morgan fingerprint density at radius 3 is 2.74 bits per heavy atom. The van der Waals surface area contributed by atoms with Gasteiger partial charge in [0.05, 0.1) is 30.0 Å². The Morgan fingerprint density at radius 1 is 0.889 bits per heavy atom. The molecule has 0 aliphatic carbocycles. The van der Waals surface area contributed by atoms with Crippen LogP contribution in [0.15, 0.2) is 79.4 Å². The Labute approximate surface area is 155 Å². The van der Waals surface area contributed by atoms with Crippen LogP contribution in [0.5, 0.6) is 11.8 Å². The number of pyridine rings is 1. The summed E-state index contributed by atoms with van der Waals surface area (Å²) in [5.41, 5.74) is 3.01. The third kappa shape index (κ3) is 3.08. The summed E-state index contributed by atoms with van der Waals surface area (Å²) in [5.74, 6) is 0.671. The van der Waals surface area contributed by atoms with Crippen LogP contribution in [-0.2, 0) is 6.54 Å². The molecule has 0 fully saturated rings. The van der Waals surface area contributed by atoms with Gasteiger partial charge in [-0.1, -0.05) is 30.3 Å². The van der Waals surface area contributed by atoms with Gasteiger partial charge >= 0.3 is 6.01 Å². The zero-order valence-electron chi connectivity index (χ0n) is 14.4. The molecule has 6 nitrogen and oxygen atoms in total. The highest BCUT2D eigenvalue weighted by Crippen LogP contribution is 2.25. The van der Waals surface area contributed by atoms with Crippen LogP contribution in [0.4, 0.5) is 0 Å². The normalized spacial score (nSPS) is 11.1. The van der Waals surface area contributed by atoms with Gasteiger partial charge in [0, 0.05) is 23.2 Å². The lowest BCUT2D eigenvalue weighted by Gasteiger charge is -2.06. The zero-order valence-corrected chi connectivity index (χ0v) is 14.4. The molecule has 0 saturated carbocycles. The summed E-state index contributed by atoms with van der Waals surface area (Å²) < 4.78 is 7.81. The lowest BCUT2D eigenvalue weighted by atomic mass is 10.2. The Hall–Kier alpha value is -3.80. The lowest BCUT2D eigenvalue weighted by molar-refractivity contribution is 0.445. The van der Waals surface area contributed by atoms with Crippen molar-refractivity contribution >= 4 is 21.8 Å². The molecule has 0 N–H and O–H groups in total. The Bertz CT molecular complexity index is 1230. The van der Waals surface area contributed by atoms with Crippen LogP contribution >= 0.6 is 0 Å². The van der Waals surface area contributed by atoms with E-state index in [4.69, 9.17) is 4.74 Å². The molecule has 27 heavy (non-hydrogen) atoms. The van der Waals surface area contributed by atoms with Crippen LogP contribution in [0.2, 0.25) is 0 Å². The van der Waals surface area contributed by atoms with Crippen molar-refractivity contribution in [2.45, 2.75) is 6.54 Å². The molecule has 3 heterocycles. The minimum atomic E-state index is 0.298. The highest BCUT2D eigenvalue weighted by atomic mass is 16.5. The fraction of sp³-hybridized carbons (Fsp3) is 0.0476. The second-order valence-corrected chi connectivity index (χ2v) is 6.20. The van der Waals surface area contributed by atoms with Crippen molar-refractivity contribution in [1.29, 1.82) is 0 Å². The SMILES string of the molecule is c1ccc(Cn2ncc3cc(Oc4ncc5ccncc5n4)ccc32)cc1. The first-order valence-corrected chi connectivity index (χ1v) is 8.59. The highest BCUT2D eigenvalue weighted by Gasteiger charge is 2.07. The van der Waals surface area contributed by atoms with Crippen LogP contribution in [0.1, 0.15) is 5.56 Å². The molecular formula is C21H15N5O. The van der Waals surface area contributed by atoms with E-state index in [0.29, 0.717) is 11.8 Å². The molecule has 6 heteroatoms. The van der Waals surface area contributed by atoms with Gasteiger partial charge in [-0.25, -0.2) is 4.98 Å². The van der Waals surface area contributed by atoms with E-state index in [1.807, 2.05) is 53.3 Å². The molecule has 0 spiro atoms. The van der Waals surface area contributed by atoms with Crippen LogP contribution in [-0.4, -0.2) is 24.7 Å². The van der Waals surface area contributed by atoms with Crippen LogP contribution in [0.3, 0.4) is 0 Å². The van der Waals surface area contributed by atoms with E-state index in [0.717, 1.165) is 28.4 Å². The molecule has 0 bridgehead atoms. The van der Waals surface area contributed by atoms with Crippen LogP contribution in [0.25, 0.3) is 21.8 Å². The molecule has 0 aliphatic rings. The number of hydrogen-bond acceptors (Lipinski definition) is 5. The largest absolute Gasteiger partial charge is 0.424 e. The van der Waals surface area contributed by atoms with Gasteiger partial charge < -0.3 is 4.74 Å². The Kier molecular flexibility index (Phi) is 3.72. The van der Waals surface area contributed by atoms with E-state index < -0.39 is 0 Å². The van der Waals surface area contributed by atoms with Crippen LogP contribution < -0.4 is 4.74 Å². The standard InChI is InChI=1S/C21H15N5O/c1-2-4-15(5-3-1)14-26-20-7-6-18(10-17(20)12-24-26)27-21-23-11-16-8-9-22-13-19(16)25-21/h1-13H,14H2. The average molecular weight is 353 g/mol. The first-order chi connectivity index (χ1) is 13.3. The second-order valence-electron chi connectivity index (χ2n) is 6.20. The fourth-order valence-corrected chi connectivity index (χ4v) is 3.02. The summed E-state index contributed by atoms with van der Waals surface area (Å²) in [4.78, 5) is 12.7. The number of nitrogens with zero attached hydrogens (tertiary/aromatic N) is 5. The third-order valence-corrected chi connectivity index (χ3v) is 4.36. The van der Waals surface area contributed by atoms with Gasteiger partial charge in [-0.3, -0.25) is 9.67 Å². The molecule has 3 aromatic heterocycles. The van der Waals surface area contributed by atoms with Crippen molar-refractivity contribution in [3.63, 3.8) is 0 Å². The van der Waals surface area contributed by atoms with Gasteiger partial charge in [0.15, 0.2) is 0 Å². The zero-order chi connectivity index (χ0) is 18.1. The predicted molar refractivity (Wildman–Crippen MR) is 103 cm³/mol. The molecule has 2 aromatic carbocycles. The van der Waals surface area contributed by atoms with Crippen molar-refractivity contribution in [3.05, 3.63) is 84.9 Å². The summed E-state index contributed by atoms with van der Waals surface area (Å²) in [6, 6.07) is 18.3. The molecule has 0 amide bonds. The number of rotatable bonds is 4. The Balaban J connectivity index is 1.42. The van der Waals surface area contributed by atoms with E-state index in [-0.39, 0.29) is 0 Å². The molecule has 0 radical (unpaired) electrons. The van der Waals surface area contributed by atoms with Crippen molar-refractivity contribution in [1.82, 2.24) is 24.7 Å². The number of aromatic nitrogens is 5. The number of ether oxygens (including phenoxy) is 1. The van der Waals surface area contributed by atoms with Crippen molar-refractivity contribution < 1.29 is 4.74 Å². The minimum absolute atomic E-state index is 0.298. The average Bonchev–Trinajstić information content (AvgIpc) is 3.11. The molecule has 5 aromatic rings. The molecule has 130 valence electrons. The van der Waals surface area contributed by atoms with Crippen molar-refractivity contribution in [3.8, 4) is 11.8 Å². The molecular weight excluding hydrogens is 338 g/mol. The third-order valence-electron chi connectivity index (χ3n) is 4.36. The molecule has 0 atom stereocenters. The van der Waals surface area contributed by atoms with Gasteiger partial charge in [-0.15, -0.1) is 0 Å². The van der Waals surface area contributed by atoms with E-state index in [1.54, 1.807) is 18.6 Å². The molecule has 5 rings (SSSR count). The van der Waals surface area contributed by atoms with Crippen molar-refractivity contribution in [2.24, 2.45) is 0 Å². The fourth-order valence-electron chi connectivity index (χ4n) is 3.02. The smallest absolute Gasteiger partial charge is 0.322 e. The van der Waals surface area contributed by atoms with Crippen molar-refractivity contribution in [2.75, 3.05) is 0 Å².